The van der Waals surface area contributed by atoms with Crippen molar-refractivity contribution < 1.29 is 0 Å². The number of imidazole rings is 1. The molecule has 0 aliphatic heterocycles. The van der Waals surface area contributed by atoms with E-state index >= 15 is 0 Å². The van der Waals surface area contributed by atoms with Crippen LogP contribution in [0.5, 0.6) is 0 Å². The fourth-order valence-corrected chi connectivity index (χ4v) is 3.91. The summed E-state index contributed by atoms with van der Waals surface area (Å²) in [6.45, 7) is 1.96. The van der Waals surface area contributed by atoms with Crippen LogP contribution in [-0.4, -0.2) is 26.9 Å². The van der Waals surface area contributed by atoms with Crippen LogP contribution in [0, 0.1) is 0 Å². The fraction of sp³-hybridized carbons (Fsp3) is 0.533. The first-order valence-electron chi connectivity index (χ1n) is 7.00. The molecule has 0 radical (unpaired) electrons. The Morgan fingerprint density at radius 2 is 2.21 bits per heavy atom. The van der Waals surface area contributed by atoms with Gasteiger partial charge in [-0.3, -0.25) is 0 Å². The van der Waals surface area contributed by atoms with Gasteiger partial charge in [0.05, 0.1) is 5.69 Å². The van der Waals surface area contributed by atoms with Crippen molar-refractivity contribution in [1.29, 1.82) is 0 Å². The second-order valence-corrected chi connectivity index (χ2v) is 6.67. The normalized spacial score (nSPS) is 18.2. The molecule has 102 valence electrons. The lowest BCUT2D eigenvalue weighted by atomic mass is 10.1. The van der Waals surface area contributed by atoms with Crippen LogP contribution in [0.3, 0.4) is 0 Å². The molecule has 4 heteroatoms. The Kier molecular flexibility index (Phi) is 3.80. The van der Waals surface area contributed by atoms with Gasteiger partial charge in [-0.2, -0.15) is 11.8 Å². The molecule has 2 aromatic rings. The Morgan fingerprint density at radius 1 is 1.37 bits per heavy atom. The Balaban J connectivity index is 1.60. The number of rotatable bonds is 5. The predicted octanol–water partition coefficient (Wildman–Crippen LogP) is 3.10. The lowest BCUT2D eigenvalue weighted by molar-refractivity contribution is 0.531. The minimum absolute atomic E-state index is 0.471. The maximum Gasteiger partial charge on any atom is 0.137 e. The van der Waals surface area contributed by atoms with Crippen molar-refractivity contribution in [3.8, 4) is 0 Å². The summed E-state index contributed by atoms with van der Waals surface area (Å²) in [5, 5.41) is 3.60. The van der Waals surface area contributed by atoms with Gasteiger partial charge in [-0.1, -0.05) is 18.9 Å². The third-order valence-electron chi connectivity index (χ3n) is 4.11. The molecule has 2 aromatic heterocycles. The second-order valence-electron chi connectivity index (χ2n) is 5.40. The zero-order valence-corrected chi connectivity index (χ0v) is 12.2. The minimum Gasteiger partial charge on any atom is -0.310 e. The predicted molar refractivity (Wildman–Crippen MR) is 81.6 cm³/mol. The van der Waals surface area contributed by atoms with Gasteiger partial charge in [0.25, 0.3) is 0 Å². The third kappa shape index (κ3) is 2.79. The van der Waals surface area contributed by atoms with E-state index in [1.165, 1.54) is 25.7 Å². The van der Waals surface area contributed by atoms with E-state index in [2.05, 4.69) is 27.2 Å². The number of fused-ring (bicyclic) bond motifs is 1. The first-order valence-corrected chi connectivity index (χ1v) is 8.22. The zero-order valence-electron chi connectivity index (χ0n) is 11.4. The summed E-state index contributed by atoms with van der Waals surface area (Å²) in [7, 11) is 0. The number of aromatic nitrogens is 2. The van der Waals surface area contributed by atoms with Gasteiger partial charge < -0.3 is 9.72 Å². The quantitative estimate of drug-likeness (QED) is 0.909. The summed E-state index contributed by atoms with van der Waals surface area (Å²) < 4.78 is 2.55. The highest BCUT2D eigenvalue weighted by Gasteiger charge is 2.32. The van der Waals surface area contributed by atoms with E-state index in [4.69, 9.17) is 0 Å². The first-order chi connectivity index (χ1) is 9.31. The van der Waals surface area contributed by atoms with E-state index in [-0.39, 0.29) is 0 Å². The van der Waals surface area contributed by atoms with E-state index in [0.717, 1.165) is 24.4 Å². The molecule has 0 aromatic carbocycles. The Bertz CT molecular complexity index is 510. The van der Waals surface area contributed by atoms with Gasteiger partial charge >= 0.3 is 0 Å². The molecule has 1 aliphatic rings. The highest BCUT2D eigenvalue weighted by atomic mass is 32.2. The van der Waals surface area contributed by atoms with Crippen molar-refractivity contribution in [2.45, 2.75) is 37.0 Å². The molecular weight excluding hydrogens is 254 g/mol. The summed E-state index contributed by atoms with van der Waals surface area (Å²) in [5.41, 5.74) is 2.15. The SMILES string of the molecule is CSC1(CNCc2cn3ccccc3n2)CCCC1. The van der Waals surface area contributed by atoms with E-state index in [0.29, 0.717) is 4.75 Å². The third-order valence-corrected chi connectivity index (χ3v) is 5.53. The van der Waals surface area contributed by atoms with E-state index in [9.17, 15) is 0 Å². The van der Waals surface area contributed by atoms with Gasteiger partial charge in [0, 0.05) is 30.2 Å². The van der Waals surface area contributed by atoms with Crippen LogP contribution >= 0.6 is 11.8 Å². The molecule has 1 fully saturated rings. The smallest absolute Gasteiger partial charge is 0.137 e. The fourth-order valence-electron chi connectivity index (χ4n) is 2.96. The maximum absolute atomic E-state index is 4.62. The topological polar surface area (TPSA) is 29.3 Å². The molecule has 3 rings (SSSR count). The summed E-state index contributed by atoms with van der Waals surface area (Å²) >= 11 is 2.03. The van der Waals surface area contributed by atoms with E-state index in [1.807, 2.05) is 36.2 Å². The average molecular weight is 275 g/mol. The summed E-state index contributed by atoms with van der Waals surface area (Å²) in [4.78, 5) is 4.62. The van der Waals surface area contributed by atoms with Crippen LogP contribution in [0.25, 0.3) is 5.65 Å². The van der Waals surface area contributed by atoms with Gasteiger partial charge in [0.15, 0.2) is 0 Å². The van der Waals surface area contributed by atoms with Gasteiger partial charge in [0.1, 0.15) is 5.65 Å². The monoisotopic (exact) mass is 275 g/mol. The standard InChI is InChI=1S/C15H21N3S/c1-19-15(7-3-4-8-15)12-16-10-13-11-18-9-5-2-6-14(18)17-13/h2,5-6,9,11,16H,3-4,7-8,10,12H2,1H3. The van der Waals surface area contributed by atoms with Crippen LogP contribution in [0.15, 0.2) is 30.6 Å². The molecule has 1 N–H and O–H groups in total. The molecule has 0 unspecified atom stereocenters. The molecule has 0 bridgehead atoms. The number of hydrogen-bond donors (Lipinski definition) is 1. The highest BCUT2D eigenvalue weighted by molar-refractivity contribution is 8.00. The Morgan fingerprint density at radius 3 is 2.95 bits per heavy atom. The lowest BCUT2D eigenvalue weighted by Crippen LogP contribution is -2.34. The molecule has 2 heterocycles. The summed E-state index contributed by atoms with van der Waals surface area (Å²) in [6.07, 6.45) is 11.9. The van der Waals surface area contributed by atoms with Crippen LogP contribution < -0.4 is 5.32 Å². The largest absolute Gasteiger partial charge is 0.310 e. The summed E-state index contributed by atoms with van der Waals surface area (Å²) in [5.74, 6) is 0. The number of nitrogens with one attached hydrogen (secondary N) is 1. The first kappa shape index (κ1) is 13.0. The highest BCUT2D eigenvalue weighted by Crippen LogP contribution is 2.39. The van der Waals surface area contributed by atoms with Crippen LogP contribution in [0.1, 0.15) is 31.4 Å². The number of hydrogen-bond acceptors (Lipinski definition) is 3. The Labute approximate surface area is 118 Å². The maximum atomic E-state index is 4.62. The van der Waals surface area contributed by atoms with Gasteiger partial charge in [-0.15, -0.1) is 0 Å². The van der Waals surface area contributed by atoms with Crippen molar-refractivity contribution in [2.24, 2.45) is 0 Å². The average Bonchev–Trinajstić information content (AvgIpc) is 3.05. The van der Waals surface area contributed by atoms with Crippen molar-refractivity contribution in [3.05, 3.63) is 36.3 Å². The molecule has 0 saturated heterocycles. The molecular formula is C15H21N3S. The molecule has 0 atom stereocenters. The molecule has 0 amide bonds. The van der Waals surface area contributed by atoms with Crippen LogP contribution in [0.2, 0.25) is 0 Å². The number of nitrogens with zero attached hydrogens (tertiary/aromatic N) is 2. The van der Waals surface area contributed by atoms with E-state index < -0.39 is 0 Å². The van der Waals surface area contributed by atoms with Crippen LogP contribution in [0.4, 0.5) is 0 Å². The molecule has 3 nitrogen and oxygen atoms in total. The molecule has 19 heavy (non-hydrogen) atoms. The minimum atomic E-state index is 0.471. The number of pyridine rings is 1. The lowest BCUT2D eigenvalue weighted by Gasteiger charge is -2.26. The van der Waals surface area contributed by atoms with Gasteiger partial charge in [0.2, 0.25) is 0 Å². The van der Waals surface area contributed by atoms with Crippen molar-refractivity contribution in [2.75, 3.05) is 12.8 Å². The molecule has 1 saturated carbocycles. The van der Waals surface area contributed by atoms with Crippen molar-refractivity contribution in [1.82, 2.24) is 14.7 Å². The molecule has 0 spiro atoms. The van der Waals surface area contributed by atoms with Gasteiger partial charge in [-0.05, 0) is 31.2 Å². The number of thioether (sulfide) groups is 1. The second kappa shape index (κ2) is 5.55. The zero-order chi connectivity index (χ0) is 13.1. The van der Waals surface area contributed by atoms with Crippen molar-refractivity contribution >= 4 is 17.4 Å². The van der Waals surface area contributed by atoms with E-state index in [1.54, 1.807) is 0 Å². The summed E-state index contributed by atoms with van der Waals surface area (Å²) in [6, 6.07) is 6.11. The Hall–Kier alpha value is -1.00. The molecule has 1 aliphatic carbocycles. The van der Waals surface area contributed by atoms with Gasteiger partial charge in [-0.25, -0.2) is 4.98 Å². The van der Waals surface area contributed by atoms with Crippen LogP contribution in [-0.2, 0) is 6.54 Å². The van der Waals surface area contributed by atoms with Crippen molar-refractivity contribution in [3.63, 3.8) is 0 Å².